The lowest BCUT2D eigenvalue weighted by atomic mass is 10.0. The fourth-order valence-corrected chi connectivity index (χ4v) is 4.00. The molecule has 1 aliphatic heterocycles. The summed E-state index contributed by atoms with van der Waals surface area (Å²) in [5.74, 6) is 0.121. The molecule has 6 heteroatoms. The van der Waals surface area contributed by atoms with Gasteiger partial charge in [-0.3, -0.25) is 9.59 Å². The first-order valence-electron chi connectivity index (χ1n) is 10.8. The molecule has 1 saturated heterocycles. The monoisotopic (exact) mass is 416 g/mol. The summed E-state index contributed by atoms with van der Waals surface area (Å²) in [4.78, 5) is 27.0. The third kappa shape index (κ3) is 5.20. The Balaban J connectivity index is 1.25. The van der Waals surface area contributed by atoms with Crippen LogP contribution in [0.2, 0.25) is 0 Å². The van der Waals surface area contributed by atoms with E-state index in [1.54, 1.807) is 6.20 Å². The first kappa shape index (κ1) is 20.8. The van der Waals surface area contributed by atoms with Crippen LogP contribution in [0.3, 0.4) is 0 Å². The Hall–Kier alpha value is -3.41. The summed E-state index contributed by atoms with van der Waals surface area (Å²) >= 11 is 0. The highest BCUT2D eigenvalue weighted by Crippen LogP contribution is 2.17. The molecule has 4 rings (SSSR count). The van der Waals surface area contributed by atoms with Crippen LogP contribution in [0, 0.1) is 6.92 Å². The summed E-state index contributed by atoms with van der Waals surface area (Å²) in [6, 6.07) is 19.7. The van der Waals surface area contributed by atoms with Gasteiger partial charge in [0.05, 0.1) is 5.69 Å². The Morgan fingerprint density at radius 1 is 1.00 bits per heavy atom. The van der Waals surface area contributed by atoms with Crippen LogP contribution in [0.4, 0.5) is 0 Å². The smallest absolute Gasteiger partial charge is 0.253 e. The Morgan fingerprint density at radius 3 is 2.35 bits per heavy atom. The molecular formula is C25H28N4O2. The Kier molecular flexibility index (Phi) is 6.46. The second-order valence-corrected chi connectivity index (χ2v) is 8.05. The summed E-state index contributed by atoms with van der Waals surface area (Å²) in [5.41, 5.74) is 3.84. The molecule has 1 fully saturated rings. The van der Waals surface area contributed by atoms with Crippen LogP contribution in [-0.4, -0.2) is 45.6 Å². The summed E-state index contributed by atoms with van der Waals surface area (Å²) < 4.78 is 1.85. The van der Waals surface area contributed by atoms with Gasteiger partial charge in [-0.15, -0.1) is 0 Å². The zero-order valence-electron chi connectivity index (χ0n) is 17.8. The van der Waals surface area contributed by atoms with E-state index in [0.29, 0.717) is 25.1 Å². The average molecular weight is 417 g/mol. The van der Waals surface area contributed by atoms with E-state index >= 15 is 0 Å². The number of benzene rings is 2. The first-order chi connectivity index (χ1) is 15.1. The van der Waals surface area contributed by atoms with E-state index in [0.717, 1.165) is 30.6 Å². The normalized spacial score (nSPS) is 14.4. The molecule has 1 aromatic heterocycles. The number of nitrogens with zero attached hydrogens (tertiary/aromatic N) is 3. The van der Waals surface area contributed by atoms with Crippen LogP contribution in [0.15, 0.2) is 66.9 Å². The SMILES string of the molecule is Cc1ccnn1-c1ccc(C(=O)N2CCC(NC(=O)CCc3ccccc3)CC2)cc1. The molecule has 2 amide bonds. The van der Waals surface area contributed by atoms with E-state index < -0.39 is 0 Å². The third-order valence-corrected chi connectivity index (χ3v) is 5.82. The highest BCUT2D eigenvalue weighted by Gasteiger charge is 2.24. The van der Waals surface area contributed by atoms with Gasteiger partial charge in [0.2, 0.25) is 5.91 Å². The van der Waals surface area contributed by atoms with Gasteiger partial charge in [0, 0.05) is 43.0 Å². The molecule has 31 heavy (non-hydrogen) atoms. The van der Waals surface area contributed by atoms with Crippen LogP contribution in [-0.2, 0) is 11.2 Å². The van der Waals surface area contributed by atoms with Crippen LogP contribution >= 0.6 is 0 Å². The molecule has 0 atom stereocenters. The average Bonchev–Trinajstić information content (AvgIpc) is 3.24. The van der Waals surface area contributed by atoms with E-state index in [9.17, 15) is 9.59 Å². The second-order valence-electron chi connectivity index (χ2n) is 8.05. The van der Waals surface area contributed by atoms with Gasteiger partial charge in [-0.1, -0.05) is 30.3 Å². The number of aromatic nitrogens is 2. The molecule has 0 saturated carbocycles. The van der Waals surface area contributed by atoms with Gasteiger partial charge >= 0.3 is 0 Å². The number of carbonyl (C=O) groups excluding carboxylic acids is 2. The van der Waals surface area contributed by atoms with E-state index in [-0.39, 0.29) is 17.9 Å². The minimum Gasteiger partial charge on any atom is -0.353 e. The van der Waals surface area contributed by atoms with Gasteiger partial charge in [0.25, 0.3) is 5.91 Å². The van der Waals surface area contributed by atoms with Crippen molar-refractivity contribution < 1.29 is 9.59 Å². The van der Waals surface area contributed by atoms with Crippen molar-refractivity contribution in [2.75, 3.05) is 13.1 Å². The third-order valence-electron chi connectivity index (χ3n) is 5.82. The predicted molar refractivity (Wildman–Crippen MR) is 120 cm³/mol. The molecule has 3 aromatic rings. The van der Waals surface area contributed by atoms with Crippen LogP contribution in [0.25, 0.3) is 5.69 Å². The highest BCUT2D eigenvalue weighted by atomic mass is 16.2. The van der Waals surface area contributed by atoms with Crippen molar-refractivity contribution in [2.45, 2.75) is 38.6 Å². The number of piperidine rings is 1. The first-order valence-corrected chi connectivity index (χ1v) is 10.8. The molecule has 0 bridgehead atoms. The van der Waals surface area contributed by atoms with Crippen molar-refractivity contribution in [1.29, 1.82) is 0 Å². The van der Waals surface area contributed by atoms with Crippen molar-refractivity contribution >= 4 is 11.8 Å². The molecular weight excluding hydrogens is 388 g/mol. The van der Waals surface area contributed by atoms with E-state index in [1.807, 2.05) is 77.2 Å². The zero-order valence-corrected chi connectivity index (χ0v) is 17.8. The fraction of sp³-hybridized carbons (Fsp3) is 0.320. The van der Waals surface area contributed by atoms with Crippen molar-refractivity contribution in [3.8, 4) is 5.69 Å². The van der Waals surface area contributed by atoms with Crippen LogP contribution in [0.5, 0.6) is 0 Å². The standard InChI is InChI=1S/C25H28N4O2/c1-19-13-16-26-29(19)23-10-8-21(9-11-23)25(31)28-17-14-22(15-18-28)27-24(30)12-7-20-5-3-2-4-6-20/h2-6,8-11,13,16,22H,7,12,14-15,17-18H2,1H3,(H,27,30). The van der Waals surface area contributed by atoms with Crippen molar-refractivity contribution in [2.24, 2.45) is 0 Å². The zero-order chi connectivity index (χ0) is 21.6. The highest BCUT2D eigenvalue weighted by molar-refractivity contribution is 5.94. The largest absolute Gasteiger partial charge is 0.353 e. The lowest BCUT2D eigenvalue weighted by Gasteiger charge is -2.32. The van der Waals surface area contributed by atoms with E-state index in [4.69, 9.17) is 0 Å². The van der Waals surface area contributed by atoms with Crippen molar-refractivity contribution in [1.82, 2.24) is 20.0 Å². The molecule has 0 unspecified atom stereocenters. The van der Waals surface area contributed by atoms with Gasteiger partial charge < -0.3 is 10.2 Å². The topological polar surface area (TPSA) is 67.2 Å². The number of likely N-dealkylation sites (tertiary alicyclic amines) is 1. The molecule has 0 aliphatic carbocycles. The van der Waals surface area contributed by atoms with Crippen LogP contribution < -0.4 is 5.32 Å². The fourth-order valence-electron chi connectivity index (χ4n) is 4.00. The molecule has 0 radical (unpaired) electrons. The van der Waals surface area contributed by atoms with Crippen molar-refractivity contribution in [3.63, 3.8) is 0 Å². The molecule has 1 N–H and O–H groups in total. The maximum atomic E-state index is 12.9. The summed E-state index contributed by atoms with van der Waals surface area (Å²) in [7, 11) is 0. The Morgan fingerprint density at radius 2 is 1.71 bits per heavy atom. The minimum absolute atomic E-state index is 0.0394. The van der Waals surface area contributed by atoms with Crippen LogP contribution in [0.1, 0.15) is 40.9 Å². The molecule has 2 aromatic carbocycles. The van der Waals surface area contributed by atoms with E-state index in [1.165, 1.54) is 5.56 Å². The number of hydrogen-bond acceptors (Lipinski definition) is 3. The summed E-state index contributed by atoms with van der Waals surface area (Å²) in [5, 5.41) is 7.43. The number of aryl methyl sites for hydroxylation is 2. The number of nitrogens with one attached hydrogen (secondary N) is 1. The lowest BCUT2D eigenvalue weighted by Crippen LogP contribution is -2.46. The Bertz CT molecular complexity index is 1020. The molecule has 160 valence electrons. The number of hydrogen-bond donors (Lipinski definition) is 1. The molecule has 2 heterocycles. The van der Waals surface area contributed by atoms with Gasteiger partial charge in [0.15, 0.2) is 0 Å². The van der Waals surface area contributed by atoms with Gasteiger partial charge in [-0.05, 0) is 62.1 Å². The van der Waals surface area contributed by atoms with Crippen molar-refractivity contribution in [3.05, 3.63) is 83.7 Å². The number of carbonyl (C=O) groups is 2. The quantitative estimate of drug-likeness (QED) is 0.668. The Labute approximate surface area is 182 Å². The minimum atomic E-state index is 0.0394. The maximum Gasteiger partial charge on any atom is 0.253 e. The lowest BCUT2D eigenvalue weighted by molar-refractivity contribution is -0.122. The van der Waals surface area contributed by atoms with Gasteiger partial charge in [0.1, 0.15) is 0 Å². The molecule has 6 nitrogen and oxygen atoms in total. The summed E-state index contributed by atoms with van der Waals surface area (Å²) in [6.07, 6.45) is 4.57. The second kappa shape index (κ2) is 9.60. The predicted octanol–water partition coefficient (Wildman–Crippen LogP) is 3.53. The number of amides is 2. The van der Waals surface area contributed by atoms with Gasteiger partial charge in [-0.25, -0.2) is 4.68 Å². The van der Waals surface area contributed by atoms with E-state index in [2.05, 4.69) is 10.4 Å². The number of rotatable bonds is 6. The molecule has 0 spiro atoms. The maximum absolute atomic E-state index is 12.9. The summed E-state index contributed by atoms with van der Waals surface area (Å²) in [6.45, 7) is 3.31. The van der Waals surface area contributed by atoms with Gasteiger partial charge in [-0.2, -0.15) is 5.10 Å². The molecule has 1 aliphatic rings.